The zero-order valence-corrected chi connectivity index (χ0v) is 23.7. The Kier molecular flexibility index (Phi) is 7.29. The third-order valence-electron chi connectivity index (χ3n) is 11.7. The Labute approximate surface area is 218 Å². The van der Waals surface area contributed by atoms with Crippen LogP contribution in [0, 0.1) is 45.8 Å². The minimum Gasteiger partial charge on any atom is -0.462 e. The number of fused-ring (bicyclic) bond motifs is 3. The van der Waals surface area contributed by atoms with Crippen LogP contribution in [0.1, 0.15) is 113 Å². The molecule has 0 aromatic carbocycles. The number of ketones is 1. The maximum absolute atomic E-state index is 13.2. The Hall–Kier alpha value is -1.65. The molecule has 0 radical (unpaired) electrons. The Morgan fingerprint density at radius 1 is 1.08 bits per heavy atom. The first-order valence-corrected chi connectivity index (χ1v) is 14.5. The molecule has 0 heterocycles. The maximum atomic E-state index is 13.2. The van der Waals surface area contributed by atoms with Crippen molar-refractivity contribution in [2.45, 2.75) is 119 Å². The van der Waals surface area contributed by atoms with Crippen molar-refractivity contribution in [3.05, 3.63) is 11.1 Å². The van der Waals surface area contributed by atoms with E-state index in [0.29, 0.717) is 24.2 Å². The average Bonchev–Trinajstić information content (AvgIpc) is 3.10. The molecule has 0 aliphatic heterocycles. The summed E-state index contributed by atoms with van der Waals surface area (Å²) in [7, 11) is 0. The number of nitrogens with two attached hydrogens (primary N) is 1. The zero-order chi connectivity index (χ0) is 26.6. The number of carbonyl (C=O) groups excluding carboxylic acids is 3. The van der Waals surface area contributed by atoms with E-state index < -0.39 is 5.41 Å². The Bertz CT molecular complexity index is 952. The van der Waals surface area contributed by atoms with Crippen LogP contribution in [0.3, 0.4) is 0 Å². The lowest BCUT2D eigenvalue weighted by molar-refractivity contribution is -0.153. The molecular formula is C31H49NO4. The van der Waals surface area contributed by atoms with Gasteiger partial charge in [-0.3, -0.25) is 14.4 Å². The molecule has 3 fully saturated rings. The first-order chi connectivity index (χ1) is 16.8. The molecule has 0 bridgehead atoms. The third-order valence-corrected chi connectivity index (χ3v) is 11.7. The van der Waals surface area contributed by atoms with Gasteiger partial charge in [0.05, 0.1) is 5.41 Å². The summed E-state index contributed by atoms with van der Waals surface area (Å²) in [6.07, 6.45) is 9.66. The summed E-state index contributed by atoms with van der Waals surface area (Å²) in [5, 5.41) is 0. The Balaban J connectivity index is 1.63. The number of ether oxygens (including phenoxy) is 1. The van der Waals surface area contributed by atoms with E-state index in [1.807, 2.05) is 0 Å². The fraction of sp³-hybridized carbons (Fsp3) is 0.839. The van der Waals surface area contributed by atoms with Crippen molar-refractivity contribution in [1.82, 2.24) is 0 Å². The number of allylic oxidation sites excluding steroid dienone is 1. The molecule has 0 aromatic heterocycles. The van der Waals surface area contributed by atoms with Crippen LogP contribution in [-0.4, -0.2) is 23.8 Å². The van der Waals surface area contributed by atoms with Crippen LogP contribution in [0.5, 0.6) is 0 Å². The van der Waals surface area contributed by atoms with Crippen molar-refractivity contribution in [3.63, 3.8) is 0 Å². The summed E-state index contributed by atoms with van der Waals surface area (Å²) in [5.41, 5.74) is 7.53. The predicted octanol–water partition coefficient (Wildman–Crippen LogP) is 6.38. The number of esters is 1. The molecule has 202 valence electrons. The monoisotopic (exact) mass is 499 g/mol. The van der Waals surface area contributed by atoms with Gasteiger partial charge in [-0.15, -0.1) is 0 Å². The van der Waals surface area contributed by atoms with Gasteiger partial charge in [0.15, 0.2) is 5.78 Å². The average molecular weight is 500 g/mol. The van der Waals surface area contributed by atoms with E-state index in [0.717, 1.165) is 56.1 Å². The van der Waals surface area contributed by atoms with Gasteiger partial charge >= 0.3 is 5.97 Å². The summed E-state index contributed by atoms with van der Waals surface area (Å²) in [5.74, 6) is 1.58. The molecular weight excluding hydrogens is 450 g/mol. The van der Waals surface area contributed by atoms with Crippen LogP contribution in [-0.2, 0) is 19.1 Å². The SMILES string of the molecule is CC(=O)OC1CCC(C)C(CCC2(C)CCCC3C4=C(C(C)C)C(=O)CC4(C(N)=O)CC[C@]32C)C1C. The molecule has 5 heteroatoms. The second kappa shape index (κ2) is 9.58. The molecule has 4 rings (SSSR count). The highest BCUT2D eigenvalue weighted by atomic mass is 16.5. The lowest BCUT2D eigenvalue weighted by atomic mass is 9.43. The molecule has 2 N–H and O–H groups in total. The molecule has 7 unspecified atom stereocenters. The molecule has 36 heavy (non-hydrogen) atoms. The lowest BCUT2D eigenvalue weighted by Gasteiger charge is -2.61. The summed E-state index contributed by atoms with van der Waals surface area (Å²) in [6, 6.07) is 0. The van der Waals surface area contributed by atoms with Crippen LogP contribution < -0.4 is 5.73 Å². The number of amides is 1. The standard InChI is InChI=1S/C31H49NO4/c1-18(2)26-24(34)17-31(28(32)35)16-15-30(7)23(27(26)31)9-8-13-29(30,6)14-12-22-19(3)10-11-25(20(22)4)36-21(5)33/h18-20,22-23,25H,8-17H2,1-7H3,(H2,32,35)/t19?,20?,22?,23?,25?,29?,30-,31?/m1/s1. The van der Waals surface area contributed by atoms with Gasteiger partial charge in [0, 0.05) is 13.3 Å². The smallest absolute Gasteiger partial charge is 0.302 e. The van der Waals surface area contributed by atoms with Gasteiger partial charge in [-0.2, -0.15) is 0 Å². The van der Waals surface area contributed by atoms with Gasteiger partial charge in [-0.1, -0.05) is 48.0 Å². The van der Waals surface area contributed by atoms with E-state index in [-0.39, 0.29) is 52.9 Å². The van der Waals surface area contributed by atoms with Gasteiger partial charge in [0.2, 0.25) is 5.91 Å². The summed E-state index contributed by atoms with van der Waals surface area (Å²) < 4.78 is 5.71. The number of Topliss-reactive ketones (excluding diaryl/α,β-unsaturated/α-hetero) is 1. The van der Waals surface area contributed by atoms with E-state index in [1.54, 1.807) is 0 Å². The Morgan fingerprint density at radius 3 is 2.39 bits per heavy atom. The molecule has 0 spiro atoms. The summed E-state index contributed by atoms with van der Waals surface area (Å²) in [6.45, 7) is 15.3. The van der Waals surface area contributed by atoms with Gasteiger partial charge in [-0.05, 0) is 103 Å². The largest absolute Gasteiger partial charge is 0.462 e. The fourth-order valence-corrected chi connectivity index (χ4v) is 9.25. The van der Waals surface area contributed by atoms with Crippen molar-refractivity contribution >= 4 is 17.7 Å². The molecule has 3 saturated carbocycles. The molecule has 0 aromatic rings. The van der Waals surface area contributed by atoms with Gasteiger partial charge < -0.3 is 10.5 Å². The highest BCUT2D eigenvalue weighted by Crippen LogP contribution is 2.69. The first-order valence-electron chi connectivity index (χ1n) is 14.5. The molecule has 8 atom stereocenters. The van der Waals surface area contributed by atoms with Crippen molar-refractivity contribution in [1.29, 1.82) is 0 Å². The minimum absolute atomic E-state index is 0.0281. The normalized spacial score (nSPS) is 42.8. The molecule has 4 aliphatic rings. The molecule has 1 amide bonds. The fourth-order valence-electron chi connectivity index (χ4n) is 9.25. The van der Waals surface area contributed by atoms with E-state index in [1.165, 1.54) is 13.3 Å². The minimum atomic E-state index is -0.761. The zero-order valence-electron chi connectivity index (χ0n) is 23.7. The van der Waals surface area contributed by atoms with Crippen LogP contribution in [0.4, 0.5) is 0 Å². The second-order valence-electron chi connectivity index (χ2n) is 13.7. The van der Waals surface area contributed by atoms with Gasteiger partial charge in [0.25, 0.3) is 0 Å². The lowest BCUT2D eigenvalue weighted by Crippen LogP contribution is -2.55. The summed E-state index contributed by atoms with van der Waals surface area (Å²) in [4.78, 5) is 37.8. The number of rotatable bonds is 6. The number of primary amides is 1. The van der Waals surface area contributed by atoms with Crippen molar-refractivity contribution in [3.8, 4) is 0 Å². The van der Waals surface area contributed by atoms with Gasteiger partial charge in [-0.25, -0.2) is 0 Å². The van der Waals surface area contributed by atoms with Crippen LogP contribution in [0.2, 0.25) is 0 Å². The predicted molar refractivity (Wildman–Crippen MR) is 142 cm³/mol. The first kappa shape index (κ1) is 27.4. The van der Waals surface area contributed by atoms with Gasteiger partial charge in [0.1, 0.15) is 6.10 Å². The van der Waals surface area contributed by atoms with E-state index in [9.17, 15) is 14.4 Å². The van der Waals surface area contributed by atoms with Crippen LogP contribution in [0.15, 0.2) is 11.1 Å². The highest BCUT2D eigenvalue weighted by molar-refractivity contribution is 6.06. The quantitative estimate of drug-likeness (QED) is 0.429. The topological polar surface area (TPSA) is 86.5 Å². The second-order valence-corrected chi connectivity index (χ2v) is 13.7. The molecule has 4 aliphatic carbocycles. The van der Waals surface area contributed by atoms with E-state index in [2.05, 4.69) is 41.5 Å². The highest BCUT2D eigenvalue weighted by Gasteiger charge is 2.63. The number of hydrogen-bond acceptors (Lipinski definition) is 4. The van der Waals surface area contributed by atoms with Crippen LogP contribution in [0.25, 0.3) is 0 Å². The molecule has 5 nitrogen and oxygen atoms in total. The molecule has 0 saturated heterocycles. The third kappa shape index (κ3) is 4.17. The van der Waals surface area contributed by atoms with E-state index >= 15 is 0 Å². The Morgan fingerprint density at radius 2 is 1.78 bits per heavy atom. The number of hydrogen-bond donors (Lipinski definition) is 1. The van der Waals surface area contributed by atoms with Crippen molar-refractivity contribution in [2.75, 3.05) is 0 Å². The maximum Gasteiger partial charge on any atom is 0.302 e. The van der Waals surface area contributed by atoms with Crippen molar-refractivity contribution in [2.24, 2.45) is 51.6 Å². The van der Waals surface area contributed by atoms with Crippen LogP contribution >= 0.6 is 0 Å². The summed E-state index contributed by atoms with van der Waals surface area (Å²) >= 11 is 0. The van der Waals surface area contributed by atoms with Crippen molar-refractivity contribution < 1.29 is 19.1 Å². The van der Waals surface area contributed by atoms with E-state index in [4.69, 9.17) is 10.5 Å². The number of carbonyl (C=O) groups is 3.